The molecule has 0 amide bonds. The van der Waals surface area contributed by atoms with Crippen LogP contribution in [0, 0.1) is 15.9 Å². The number of hydrogen-bond acceptors (Lipinski definition) is 6. The summed E-state index contributed by atoms with van der Waals surface area (Å²) in [7, 11) is -3.01. The van der Waals surface area contributed by atoms with Gasteiger partial charge >= 0.3 is 5.69 Å². The Hall–Kier alpha value is -1.78. The smallest absolute Gasteiger partial charge is 0.315 e. The first-order valence-electron chi connectivity index (χ1n) is 5.96. The highest BCUT2D eigenvalue weighted by Crippen LogP contribution is 2.32. The van der Waals surface area contributed by atoms with Crippen molar-refractivity contribution >= 4 is 15.7 Å². The van der Waals surface area contributed by atoms with E-state index in [-0.39, 0.29) is 12.6 Å². The minimum Gasteiger partial charge on any atom is -0.488 e. The number of ether oxygens (including phenoxy) is 1. The minimum absolute atomic E-state index is 0.0431. The molecule has 8 nitrogen and oxygen atoms in total. The molecular weight excluding hydrogens is 305 g/mol. The van der Waals surface area contributed by atoms with Crippen molar-refractivity contribution in [3.63, 3.8) is 0 Å². The molecule has 1 atom stereocenters. The van der Waals surface area contributed by atoms with Gasteiger partial charge in [0.25, 0.3) is 0 Å². The third-order valence-corrected chi connectivity index (χ3v) is 4.04. The Balaban J connectivity index is 3.16. The van der Waals surface area contributed by atoms with Crippen molar-refractivity contribution in [2.45, 2.75) is 24.3 Å². The molecule has 0 aliphatic rings. The van der Waals surface area contributed by atoms with Crippen LogP contribution in [0.15, 0.2) is 17.0 Å². The monoisotopic (exact) mass is 321 g/mol. The van der Waals surface area contributed by atoms with Crippen LogP contribution in [0.3, 0.4) is 0 Å². The van der Waals surface area contributed by atoms with Gasteiger partial charge in [0.15, 0.2) is 5.82 Å². The molecular formula is C11H16FN3O5S. The van der Waals surface area contributed by atoms with Gasteiger partial charge in [-0.2, -0.15) is 0 Å². The molecule has 0 spiro atoms. The standard InChI is InChI=1S/C11H16FN3O5S/c1-7(13)3-4-14-21(18,19)8-5-9(12)11(20-2)10(6-8)15(16)17/h5-7,14H,3-4,13H2,1-2H3. The molecule has 10 heteroatoms. The average Bonchev–Trinajstić information content (AvgIpc) is 2.36. The van der Waals surface area contributed by atoms with Gasteiger partial charge in [-0.25, -0.2) is 17.5 Å². The van der Waals surface area contributed by atoms with Crippen LogP contribution in [0.1, 0.15) is 13.3 Å². The van der Waals surface area contributed by atoms with Gasteiger partial charge in [-0.1, -0.05) is 0 Å². The quantitative estimate of drug-likeness (QED) is 0.564. The molecule has 1 rings (SSSR count). The highest BCUT2D eigenvalue weighted by atomic mass is 32.2. The molecule has 0 heterocycles. The lowest BCUT2D eigenvalue weighted by Gasteiger charge is -2.10. The van der Waals surface area contributed by atoms with Gasteiger partial charge in [0.1, 0.15) is 0 Å². The number of methoxy groups -OCH3 is 1. The summed E-state index contributed by atoms with van der Waals surface area (Å²) in [6.07, 6.45) is 0.375. The highest BCUT2D eigenvalue weighted by molar-refractivity contribution is 7.89. The molecule has 1 aromatic rings. The van der Waals surface area contributed by atoms with Gasteiger partial charge in [0.2, 0.25) is 15.8 Å². The molecule has 0 aliphatic heterocycles. The van der Waals surface area contributed by atoms with E-state index in [4.69, 9.17) is 5.73 Å². The van der Waals surface area contributed by atoms with Gasteiger partial charge in [0.05, 0.1) is 16.9 Å². The zero-order valence-electron chi connectivity index (χ0n) is 11.5. The molecule has 3 N–H and O–H groups in total. The summed E-state index contributed by atoms with van der Waals surface area (Å²) < 4.78 is 44.4. The van der Waals surface area contributed by atoms with Crippen LogP contribution >= 0.6 is 0 Å². The highest BCUT2D eigenvalue weighted by Gasteiger charge is 2.26. The van der Waals surface area contributed by atoms with Crippen LogP contribution in [0.2, 0.25) is 0 Å². The SMILES string of the molecule is COc1c(F)cc(S(=O)(=O)NCCC(C)N)cc1[N+](=O)[O-]. The Morgan fingerprint density at radius 1 is 1.52 bits per heavy atom. The summed E-state index contributed by atoms with van der Waals surface area (Å²) >= 11 is 0. The topological polar surface area (TPSA) is 125 Å². The summed E-state index contributed by atoms with van der Waals surface area (Å²) in [6, 6.07) is 1.20. The lowest BCUT2D eigenvalue weighted by atomic mass is 10.3. The second kappa shape index (κ2) is 6.78. The average molecular weight is 321 g/mol. The predicted octanol–water partition coefficient (Wildman–Crippen LogP) is 0.758. The van der Waals surface area contributed by atoms with Crippen molar-refractivity contribution in [2.75, 3.05) is 13.7 Å². The number of halogens is 1. The Bertz CT molecular complexity index is 633. The van der Waals surface area contributed by atoms with Crippen molar-refractivity contribution in [1.29, 1.82) is 0 Å². The van der Waals surface area contributed by atoms with E-state index in [0.717, 1.165) is 13.2 Å². The number of sulfonamides is 1. The van der Waals surface area contributed by atoms with Crippen LogP contribution < -0.4 is 15.2 Å². The van der Waals surface area contributed by atoms with Crippen LogP contribution in [-0.4, -0.2) is 33.0 Å². The minimum atomic E-state index is -4.07. The van der Waals surface area contributed by atoms with E-state index in [2.05, 4.69) is 9.46 Å². The van der Waals surface area contributed by atoms with Crippen molar-refractivity contribution in [2.24, 2.45) is 5.73 Å². The summed E-state index contributed by atoms with van der Waals surface area (Å²) in [4.78, 5) is 9.38. The molecule has 0 fully saturated rings. The second-order valence-corrected chi connectivity index (χ2v) is 6.15. The molecule has 0 saturated carbocycles. The Labute approximate surface area is 121 Å². The van der Waals surface area contributed by atoms with Gasteiger partial charge in [-0.3, -0.25) is 10.1 Å². The molecule has 1 unspecified atom stereocenters. The van der Waals surface area contributed by atoms with Crippen LogP contribution in [-0.2, 0) is 10.0 Å². The van der Waals surface area contributed by atoms with Crippen molar-refractivity contribution in [3.05, 3.63) is 28.1 Å². The largest absolute Gasteiger partial charge is 0.488 e. The molecule has 0 saturated heterocycles. The number of rotatable bonds is 7. The van der Waals surface area contributed by atoms with Gasteiger partial charge in [-0.05, 0) is 19.4 Å². The summed E-state index contributed by atoms with van der Waals surface area (Å²) in [5, 5.41) is 10.8. The van der Waals surface area contributed by atoms with E-state index in [9.17, 15) is 22.9 Å². The van der Waals surface area contributed by atoms with Crippen LogP contribution in [0.25, 0.3) is 0 Å². The van der Waals surface area contributed by atoms with Crippen molar-refractivity contribution in [3.8, 4) is 5.75 Å². The van der Waals surface area contributed by atoms with Crippen LogP contribution in [0.5, 0.6) is 5.75 Å². The third kappa shape index (κ3) is 4.34. The molecule has 1 aromatic carbocycles. The van der Waals surface area contributed by atoms with E-state index in [0.29, 0.717) is 12.5 Å². The zero-order chi connectivity index (χ0) is 16.2. The molecule has 0 aromatic heterocycles. The van der Waals surface area contributed by atoms with E-state index in [1.165, 1.54) is 0 Å². The summed E-state index contributed by atoms with van der Waals surface area (Å²) in [5.74, 6) is -1.74. The second-order valence-electron chi connectivity index (χ2n) is 4.38. The van der Waals surface area contributed by atoms with Gasteiger partial charge in [-0.15, -0.1) is 0 Å². The predicted molar refractivity (Wildman–Crippen MR) is 73.1 cm³/mol. The van der Waals surface area contributed by atoms with E-state index in [1.54, 1.807) is 6.92 Å². The lowest BCUT2D eigenvalue weighted by Crippen LogP contribution is -2.29. The molecule has 118 valence electrons. The maximum absolute atomic E-state index is 13.7. The zero-order valence-corrected chi connectivity index (χ0v) is 12.3. The molecule has 0 aliphatic carbocycles. The molecule has 21 heavy (non-hydrogen) atoms. The molecule has 0 radical (unpaired) electrons. The van der Waals surface area contributed by atoms with Crippen molar-refractivity contribution in [1.82, 2.24) is 4.72 Å². The fraction of sp³-hybridized carbons (Fsp3) is 0.455. The van der Waals surface area contributed by atoms with E-state index in [1.807, 2.05) is 0 Å². The fourth-order valence-corrected chi connectivity index (χ4v) is 2.63. The first-order chi connectivity index (χ1) is 9.69. The summed E-state index contributed by atoms with van der Waals surface area (Å²) in [5.41, 5.74) is 4.73. The Morgan fingerprint density at radius 2 is 2.14 bits per heavy atom. The van der Waals surface area contributed by atoms with Gasteiger partial charge in [0, 0.05) is 18.7 Å². The van der Waals surface area contributed by atoms with E-state index < -0.39 is 37.1 Å². The molecule has 0 bridgehead atoms. The number of hydrogen-bond donors (Lipinski definition) is 2. The number of nitrogens with zero attached hydrogens (tertiary/aromatic N) is 1. The lowest BCUT2D eigenvalue weighted by molar-refractivity contribution is -0.386. The van der Waals surface area contributed by atoms with E-state index >= 15 is 0 Å². The van der Waals surface area contributed by atoms with Crippen molar-refractivity contribution < 1.29 is 22.5 Å². The number of nitro benzene ring substituents is 1. The maximum atomic E-state index is 13.7. The first-order valence-corrected chi connectivity index (χ1v) is 7.44. The number of benzene rings is 1. The Morgan fingerprint density at radius 3 is 2.62 bits per heavy atom. The fourth-order valence-electron chi connectivity index (χ4n) is 1.55. The Kier molecular flexibility index (Phi) is 5.58. The number of nitro groups is 1. The third-order valence-electron chi connectivity index (χ3n) is 2.60. The summed E-state index contributed by atoms with van der Waals surface area (Å²) in [6.45, 7) is 1.74. The van der Waals surface area contributed by atoms with Gasteiger partial charge < -0.3 is 10.5 Å². The maximum Gasteiger partial charge on any atom is 0.315 e. The van der Waals surface area contributed by atoms with Crippen LogP contribution in [0.4, 0.5) is 10.1 Å². The number of nitrogens with one attached hydrogen (secondary N) is 1. The normalized spacial score (nSPS) is 13.0. The first kappa shape index (κ1) is 17.3. The number of nitrogens with two attached hydrogens (primary N) is 1.